The highest BCUT2D eigenvalue weighted by Crippen LogP contribution is 2.19. The summed E-state index contributed by atoms with van der Waals surface area (Å²) in [5.41, 5.74) is 0.460. The summed E-state index contributed by atoms with van der Waals surface area (Å²) in [5.74, 6) is -0.410. The highest BCUT2D eigenvalue weighted by atomic mass is 19.1. The molecule has 0 bridgehead atoms. The molecule has 1 aromatic carbocycles. The maximum atomic E-state index is 13.5. The molecule has 1 atom stereocenters. The molecule has 1 saturated heterocycles. The predicted octanol–water partition coefficient (Wildman–Crippen LogP) is 3.14. The second-order valence-electron chi connectivity index (χ2n) is 6.07. The Balaban J connectivity index is 1.66. The SMILES string of the molecule is CC[C@@H]1CCCCN1CCCNC(=O)Cc1ccccc1F. The second kappa shape index (κ2) is 8.89. The van der Waals surface area contributed by atoms with E-state index in [2.05, 4.69) is 17.1 Å². The molecule has 22 heavy (non-hydrogen) atoms. The van der Waals surface area contributed by atoms with Gasteiger partial charge in [-0.3, -0.25) is 4.79 Å². The normalized spacial score (nSPS) is 19.1. The number of amides is 1. The Hall–Kier alpha value is -1.42. The van der Waals surface area contributed by atoms with Crippen LogP contribution in [0.4, 0.5) is 4.39 Å². The zero-order valence-corrected chi connectivity index (χ0v) is 13.5. The van der Waals surface area contributed by atoms with Crippen molar-refractivity contribution in [2.24, 2.45) is 0 Å². The molecule has 0 aliphatic carbocycles. The first-order valence-corrected chi connectivity index (χ1v) is 8.45. The third-order valence-corrected chi connectivity index (χ3v) is 4.47. The van der Waals surface area contributed by atoms with Crippen LogP contribution < -0.4 is 5.32 Å². The minimum atomic E-state index is -0.309. The van der Waals surface area contributed by atoms with Gasteiger partial charge in [0.1, 0.15) is 5.82 Å². The Morgan fingerprint density at radius 1 is 1.36 bits per heavy atom. The van der Waals surface area contributed by atoms with Crippen LogP contribution in [0, 0.1) is 5.82 Å². The molecule has 1 heterocycles. The van der Waals surface area contributed by atoms with Crippen LogP contribution in [0.1, 0.15) is 44.6 Å². The molecule has 1 fully saturated rings. The molecule has 1 amide bonds. The number of benzene rings is 1. The Labute approximate surface area is 132 Å². The number of likely N-dealkylation sites (tertiary alicyclic amines) is 1. The van der Waals surface area contributed by atoms with Crippen LogP contribution in [-0.4, -0.2) is 36.5 Å². The van der Waals surface area contributed by atoms with Crippen molar-refractivity contribution >= 4 is 5.91 Å². The fourth-order valence-corrected chi connectivity index (χ4v) is 3.20. The summed E-state index contributed by atoms with van der Waals surface area (Å²) in [6, 6.07) is 7.16. The standard InChI is InChI=1S/C18H27FN2O/c1-2-16-9-5-6-12-21(16)13-7-11-20-18(22)14-15-8-3-4-10-17(15)19/h3-4,8,10,16H,2,5-7,9,11-14H2,1H3,(H,20,22)/t16-/m1/s1. The number of halogens is 1. The number of carbonyl (C=O) groups excluding carboxylic acids is 1. The molecule has 0 aromatic heterocycles. The van der Waals surface area contributed by atoms with Gasteiger partial charge in [-0.25, -0.2) is 4.39 Å². The summed E-state index contributed by atoms with van der Waals surface area (Å²) in [6.07, 6.45) is 6.22. The Kier molecular flexibility index (Phi) is 6.84. The molecular weight excluding hydrogens is 279 g/mol. The summed E-state index contributed by atoms with van der Waals surface area (Å²) in [4.78, 5) is 14.4. The van der Waals surface area contributed by atoms with E-state index in [1.807, 2.05) is 0 Å². The third-order valence-electron chi connectivity index (χ3n) is 4.47. The maximum absolute atomic E-state index is 13.5. The van der Waals surface area contributed by atoms with Crippen molar-refractivity contribution in [2.45, 2.75) is 51.5 Å². The zero-order valence-electron chi connectivity index (χ0n) is 13.5. The van der Waals surface area contributed by atoms with Crippen molar-refractivity contribution in [3.05, 3.63) is 35.6 Å². The molecule has 3 nitrogen and oxygen atoms in total. The van der Waals surface area contributed by atoms with E-state index >= 15 is 0 Å². The fourth-order valence-electron chi connectivity index (χ4n) is 3.20. The Bertz CT molecular complexity index is 478. The number of carbonyl (C=O) groups is 1. The van der Waals surface area contributed by atoms with Crippen molar-refractivity contribution < 1.29 is 9.18 Å². The molecular formula is C18H27FN2O. The third kappa shape index (κ3) is 5.09. The van der Waals surface area contributed by atoms with Gasteiger partial charge in [0, 0.05) is 19.1 Å². The van der Waals surface area contributed by atoms with Gasteiger partial charge in [0.25, 0.3) is 0 Å². The monoisotopic (exact) mass is 306 g/mol. The number of nitrogens with one attached hydrogen (secondary N) is 1. The highest BCUT2D eigenvalue weighted by molar-refractivity contribution is 5.78. The van der Waals surface area contributed by atoms with E-state index in [4.69, 9.17) is 0 Å². The van der Waals surface area contributed by atoms with Crippen LogP contribution in [0.2, 0.25) is 0 Å². The average molecular weight is 306 g/mol. The molecule has 2 rings (SSSR count). The largest absolute Gasteiger partial charge is 0.356 e. The lowest BCUT2D eigenvalue weighted by atomic mass is 10.00. The zero-order chi connectivity index (χ0) is 15.8. The number of rotatable bonds is 7. The Morgan fingerprint density at radius 2 is 2.18 bits per heavy atom. The molecule has 122 valence electrons. The number of hydrogen-bond donors (Lipinski definition) is 1. The summed E-state index contributed by atoms with van der Waals surface area (Å²) in [7, 11) is 0. The Morgan fingerprint density at radius 3 is 2.95 bits per heavy atom. The summed E-state index contributed by atoms with van der Waals surface area (Å²) < 4.78 is 13.5. The minimum Gasteiger partial charge on any atom is -0.356 e. The quantitative estimate of drug-likeness (QED) is 0.785. The van der Waals surface area contributed by atoms with Crippen molar-refractivity contribution in [1.82, 2.24) is 10.2 Å². The van der Waals surface area contributed by atoms with E-state index in [9.17, 15) is 9.18 Å². The van der Waals surface area contributed by atoms with E-state index in [0.717, 1.165) is 13.0 Å². The van der Waals surface area contributed by atoms with Crippen LogP contribution in [0.25, 0.3) is 0 Å². The predicted molar refractivity (Wildman–Crippen MR) is 87.2 cm³/mol. The molecule has 4 heteroatoms. The molecule has 0 saturated carbocycles. The van der Waals surface area contributed by atoms with Crippen LogP contribution >= 0.6 is 0 Å². The van der Waals surface area contributed by atoms with Gasteiger partial charge in [0.15, 0.2) is 0 Å². The molecule has 1 aliphatic rings. The van der Waals surface area contributed by atoms with Gasteiger partial charge in [-0.15, -0.1) is 0 Å². The molecule has 1 aliphatic heterocycles. The van der Waals surface area contributed by atoms with Crippen LogP contribution in [0.15, 0.2) is 24.3 Å². The van der Waals surface area contributed by atoms with Crippen molar-refractivity contribution in [3.63, 3.8) is 0 Å². The van der Waals surface area contributed by atoms with Crippen molar-refractivity contribution in [2.75, 3.05) is 19.6 Å². The highest BCUT2D eigenvalue weighted by Gasteiger charge is 2.19. The van der Waals surface area contributed by atoms with E-state index in [1.165, 1.54) is 38.3 Å². The van der Waals surface area contributed by atoms with Gasteiger partial charge in [0.2, 0.25) is 5.91 Å². The first kappa shape index (κ1) is 16.9. The van der Waals surface area contributed by atoms with Gasteiger partial charge in [0.05, 0.1) is 6.42 Å². The minimum absolute atomic E-state index is 0.101. The second-order valence-corrected chi connectivity index (χ2v) is 6.07. The molecule has 0 spiro atoms. The van der Waals surface area contributed by atoms with Gasteiger partial charge in [-0.2, -0.15) is 0 Å². The van der Waals surface area contributed by atoms with Gasteiger partial charge >= 0.3 is 0 Å². The summed E-state index contributed by atoms with van der Waals surface area (Å²) in [5, 5.41) is 2.90. The lowest BCUT2D eigenvalue weighted by Crippen LogP contribution is -2.40. The smallest absolute Gasteiger partial charge is 0.224 e. The van der Waals surface area contributed by atoms with Crippen molar-refractivity contribution in [3.8, 4) is 0 Å². The number of piperidine rings is 1. The van der Waals surface area contributed by atoms with E-state index in [1.54, 1.807) is 18.2 Å². The van der Waals surface area contributed by atoms with Crippen LogP contribution in [-0.2, 0) is 11.2 Å². The van der Waals surface area contributed by atoms with E-state index in [0.29, 0.717) is 18.2 Å². The van der Waals surface area contributed by atoms with Crippen LogP contribution in [0.5, 0.6) is 0 Å². The first-order chi connectivity index (χ1) is 10.7. The van der Waals surface area contributed by atoms with E-state index < -0.39 is 0 Å². The maximum Gasteiger partial charge on any atom is 0.224 e. The lowest BCUT2D eigenvalue weighted by Gasteiger charge is -2.35. The van der Waals surface area contributed by atoms with Gasteiger partial charge in [-0.1, -0.05) is 31.5 Å². The average Bonchev–Trinajstić information content (AvgIpc) is 2.54. The lowest BCUT2D eigenvalue weighted by molar-refractivity contribution is -0.120. The molecule has 1 aromatic rings. The topological polar surface area (TPSA) is 32.3 Å². The van der Waals surface area contributed by atoms with Gasteiger partial charge in [-0.05, 0) is 43.9 Å². The molecule has 0 unspecified atom stereocenters. The van der Waals surface area contributed by atoms with Crippen LogP contribution in [0.3, 0.4) is 0 Å². The van der Waals surface area contributed by atoms with E-state index in [-0.39, 0.29) is 18.1 Å². The molecule has 0 radical (unpaired) electrons. The number of nitrogens with zero attached hydrogens (tertiary/aromatic N) is 1. The summed E-state index contributed by atoms with van der Waals surface area (Å²) in [6.45, 7) is 5.14. The first-order valence-electron chi connectivity index (χ1n) is 8.45. The van der Waals surface area contributed by atoms with Crippen molar-refractivity contribution in [1.29, 1.82) is 0 Å². The number of hydrogen-bond acceptors (Lipinski definition) is 2. The molecule has 1 N–H and O–H groups in total. The summed E-state index contributed by atoms with van der Waals surface area (Å²) >= 11 is 0. The fraction of sp³-hybridized carbons (Fsp3) is 0.611. The van der Waals surface area contributed by atoms with Gasteiger partial charge < -0.3 is 10.2 Å².